The van der Waals surface area contributed by atoms with Crippen molar-refractivity contribution in [1.82, 2.24) is 4.72 Å². The smallest absolute Gasteiger partial charge is 0.262 e. The standard InChI is InChI=1S/C17H18N2O4S/c1-12-3-2-4-14(7-12)11-24(21,22)18-9-13-5-6-15-16(8-13)23-10-17(20)19-15/h2-8,18H,9-11H2,1H3,(H,19,20). The Labute approximate surface area is 140 Å². The Morgan fingerprint density at radius 2 is 2.00 bits per heavy atom. The third kappa shape index (κ3) is 4.12. The highest BCUT2D eigenvalue weighted by Gasteiger charge is 2.17. The van der Waals surface area contributed by atoms with Crippen LogP contribution in [0.5, 0.6) is 5.75 Å². The van der Waals surface area contributed by atoms with E-state index in [1.807, 2.05) is 25.1 Å². The molecule has 0 fully saturated rings. The Hall–Kier alpha value is -2.38. The molecule has 126 valence electrons. The predicted molar refractivity (Wildman–Crippen MR) is 91.2 cm³/mol. The van der Waals surface area contributed by atoms with E-state index in [1.165, 1.54) is 0 Å². The molecule has 0 aromatic heterocycles. The summed E-state index contributed by atoms with van der Waals surface area (Å²) in [7, 11) is -3.44. The molecule has 0 unspecified atom stereocenters. The molecule has 0 spiro atoms. The molecule has 1 amide bonds. The summed E-state index contributed by atoms with van der Waals surface area (Å²) in [6, 6.07) is 12.6. The molecule has 0 bridgehead atoms. The quantitative estimate of drug-likeness (QED) is 0.867. The normalized spacial score (nSPS) is 13.8. The number of nitrogens with one attached hydrogen (secondary N) is 2. The van der Waals surface area contributed by atoms with Crippen LogP contribution in [-0.4, -0.2) is 20.9 Å². The van der Waals surface area contributed by atoms with Crippen molar-refractivity contribution in [3.05, 3.63) is 59.2 Å². The second-order valence-electron chi connectivity index (χ2n) is 5.74. The number of carbonyl (C=O) groups is 1. The van der Waals surface area contributed by atoms with E-state index in [4.69, 9.17) is 4.74 Å². The average Bonchev–Trinajstić information content (AvgIpc) is 2.52. The second kappa shape index (κ2) is 6.62. The van der Waals surface area contributed by atoms with E-state index in [0.717, 1.165) is 16.7 Å². The molecule has 0 saturated carbocycles. The van der Waals surface area contributed by atoms with Gasteiger partial charge in [-0.2, -0.15) is 0 Å². The first-order valence-electron chi connectivity index (χ1n) is 7.50. The molecule has 2 aromatic rings. The number of sulfonamides is 1. The van der Waals surface area contributed by atoms with Crippen molar-refractivity contribution in [2.45, 2.75) is 19.2 Å². The zero-order valence-electron chi connectivity index (χ0n) is 13.2. The third-order valence-electron chi connectivity index (χ3n) is 3.61. The van der Waals surface area contributed by atoms with Crippen molar-refractivity contribution in [2.75, 3.05) is 11.9 Å². The largest absolute Gasteiger partial charge is 0.482 e. The number of rotatable bonds is 5. The van der Waals surface area contributed by atoms with Crippen molar-refractivity contribution >= 4 is 21.6 Å². The Morgan fingerprint density at radius 1 is 1.17 bits per heavy atom. The SMILES string of the molecule is Cc1cccc(CS(=O)(=O)NCc2ccc3c(c2)OCC(=O)N3)c1. The molecule has 6 nitrogen and oxygen atoms in total. The molecule has 1 heterocycles. The number of hydrogen-bond acceptors (Lipinski definition) is 4. The zero-order chi connectivity index (χ0) is 17.2. The van der Waals surface area contributed by atoms with E-state index >= 15 is 0 Å². The van der Waals surface area contributed by atoms with Crippen LogP contribution < -0.4 is 14.8 Å². The lowest BCUT2D eigenvalue weighted by Crippen LogP contribution is -2.26. The average molecular weight is 346 g/mol. The Bertz CT molecular complexity index is 878. The van der Waals surface area contributed by atoms with Crippen molar-refractivity contribution in [3.63, 3.8) is 0 Å². The van der Waals surface area contributed by atoms with Gasteiger partial charge in [0, 0.05) is 6.54 Å². The highest BCUT2D eigenvalue weighted by molar-refractivity contribution is 7.88. The molecule has 3 rings (SSSR count). The summed E-state index contributed by atoms with van der Waals surface area (Å²) in [5.41, 5.74) is 3.13. The van der Waals surface area contributed by atoms with Crippen LogP contribution in [0.4, 0.5) is 5.69 Å². The van der Waals surface area contributed by atoms with Gasteiger partial charge in [0.05, 0.1) is 11.4 Å². The van der Waals surface area contributed by atoms with Gasteiger partial charge < -0.3 is 10.1 Å². The Kier molecular flexibility index (Phi) is 4.55. The van der Waals surface area contributed by atoms with Gasteiger partial charge in [-0.25, -0.2) is 13.1 Å². The molecule has 2 N–H and O–H groups in total. The summed E-state index contributed by atoms with van der Waals surface area (Å²) < 4.78 is 32.3. The van der Waals surface area contributed by atoms with Gasteiger partial charge in [-0.05, 0) is 30.2 Å². The summed E-state index contributed by atoms with van der Waals surface area (Å²) in [5.74, 6) is 0.283. The molecule has 1 aliphatic heterocycles. The summed E-state index contributed by atoms with van der Waals surface area (Å²) in [5, 5.41) is 2.69. The van der Waals surface area contributed by atoms with Crippen LogP contribution >= 0.6 is 0 Å². The second-order valence-corrected chi connectivity index (χ2v) is 7.54. The topological polar surface area (TPSA) is 84.5 Å². The maximum absolute atomic E-state index is 12.2. The van der Waals surface area contributed by atoms with E-state index in [-0.39, 0.29) is 24.8 Å². The van der Waals surface area contributed by atoms with Crippen molar-refractivity contribution < 1.29 is 17.9 Å². The first-order chi connectivity index (χ1) is 11.4. The Balaban J connectivity index is 1.65. The summed E-state index contributed by atoms with van der Waals surface area (Å²) in [6.45, 7) is 2.06. The maximum atomic E-state index is 12.2. The van der Waals surface area contributed by atoms with Crippen LogP contribution in [0.15, 0.2) is 42.5 Å². The summed E-state index contributed by atoms with van der Waals surface area (Å²) in [6.07, 6.45) is 0. The molecule has 0 atom stereocenters. The number of ether oxygens (including phenoxy) is 1. The number of carbonyl (C=O) groups excluding carboxylic acids is 1. The number of fused-ring (bicyclic) bond motifs is 1. The van der Waals surface area contributed by atoms with Gasteiger partial charge in [-0.3, -0.25) is 4.79 Å². The van der Waals surface area contributed by atoms with Gasteiger partial charge in [-0.15, -0.1) is 0 Å². The number of hydrogen-bond donors (Lipinski definition) is 2. The molecule has 1 aliphatic rings. The lowest BCUT2D eigenvalue weighted by Gasteiger charge is -2.18. The first kappa shape index (κ1) is 16.5. The van der Waals surface area contributed by atoms with Crippen LogP contribution in [0, 0.1) is 6.92 Å². The van der Waals surface area contributed by atoms with Crippen LogP contribution in [0.25, 0.3) is 0 Å². The maximum Gasteiger partial charge on any atom is 0.262 e. The number of aryl methyl sites for hydroxylation is 1. The number of amides is 1. The molecular weight excluding hydrogens is 328 g/mol. The van der Waals surface area contributed by atoms with E-state index in [9.17, 15) is 13.2 Å². The van der Waals surface area contributed by atoms with E-state index in [1.54, 1.807) is 24.3 Å². The van der Waals surface area contributed by atoms with E-state index in [2.05, 4.69) is 10.0 Å². The molecule has 0 radical (unpaired) electrons. The van der Waals surface area contributed by atoms with Gasteiger partial charge in [0.2, 0.25) is 10.0 Å². The van der Waals surface area contributed by atoms with Crippen LogP contribution in [0.2, 0.25) is 0 Å². The molecular formula is C17H18N2O4S. The van der Waals surface area contributed by atoms with Crippen molar-refractivity contribution in [3.8, 4) is 5.75 Å². The lowest BCUT2D eigenvalue weighted by molar-refractivity contribution is -0.118. The molecule has 24 heavy (non-hydrogen) atoms. The van der Waals surface area contributed by atoms with Gasteiger partial charge in [-0.1, -0.05) is 35.9 Å². The van der Waals surface area contributed by atoms with Gasteiger partial charge in [0.1, 0.15) is 5.75 Å². The minimum atomic E-state index is -3.44. The van der Waals surface area contributed by atoms with Crippen LogP contribution in [-0.2, 0) is 27.1 Å². The Morgan fingerprint density at radius 3 is 2.79 bits per heavy atom. The van der Waals surface area contributed by atoms with Crippen molar-refractivity contribution in [1.29, 1.82) is 0 Å². The zero-order valence-corrected chi connectivity index (χ0v) is 14.0. The van der Waals surface area contributed by atoms with Crippen molar-refractivity contribution in [2.24, 2.45) is 0 Å². The molecule has 2 aromatic carbocycles. The van der Waals surface area contributed by atoms with Crippen LogP contribution in [0.1, 0.15) is 16.7 Å². The van der Waals surface area contributed by atoms with E-state index < -0.39 is 10.0 Å². The van der Waals surface area contributed by atoms with Crippen LogP contribution in [0.3, 0.4) is 0 Å². The van der Waals surface area contributed by atoms with Gasteiger partial charge in [0.15, 0.2) is 6.61 Å². The minimum absolute atomic E-state index is 0.0322. The minimum Gasteiger partial charge on any atom is -0.482 e. The van der Waals surface area contributed by atoms with Gasteiger partial charge in [0.25, 0.3) is 5.91 Å². The van der Waals surface area contributed by atoms with Gasteiger partial charge >= 0.3 is 0 Å². The fourth-order valence-electron chi connectivity index (χ4n) is 2.49. The first-order valence-corrected chi connectivity index (χ1v) is 9.15. The molecule has 7 heteroatoms. The number of anilines is 1. The highest BCUT2D eigenvalue weighted by Crippen LogP contribution is 2.28. The number of benzene rings is 2. The van der Waals surface area contributed by atoms with E-state index in [0.29, 0.717) is 11.4 Å². The lowest BCUT2D eigenvalue weighted by atomic mass is 10.2. The highest BCUT2D eigenvalue weighted by atomic mass is 32.2. The molecule has 0 saturated heterocycles. The summed E-state index contributed by atoms with van der Waals surface area (Å²) >= 11 is 0. The monoisotopic (exact) mass is 346 g/mol. The third-order valence-corrected chi connectivity index (χ3v) is 4.91. The molecule has 0 aliphatic carbocycles. The fraction of sp³-hybridized carbons (Fsp3) is 0.235. The fourth-order valence-corrected chi connectivity index (χ4v) is 3.60. The summed E-state index contributed by atoms with van der Waals surface area (Å²) in [4.78, 5) is 11.2. The predicted octanol–water partition coefficient (Wildman–Crippen LogP) is 1.95.